The molecule has 1 aliphatic carbocycles. The zero-order valence-corrected chi connectivity index (χ0v) is 12.5. The van der Waals surface area contributed by atoms with E-state index >= 15 is 0 Å². The van der Waals surface area contributed by atoms with E-state index in [-0.39, 0.29) is 0 Å². The lowest BCUT2D eigenvalue weighted by atomic mass is 9.88. The molecule has 0 aliphatic heterocycles. The Morgan fingerprint density at radius 3 is 2.55 bits per heavy atom. The molecule has 0 amide bonds. The summed E-state index contributed by atoms with van der Waals surface area (Å²) >= 11 is 6.28. The van der Waals surface area contributed by atoms with Gasteiger partial charge in [-0.3, -0.25) is 0 Å². The van der Waals surface area contributed by atoms with E-state index < -0.39 is 0 Å². The van der Waals surface area contributed by atoms with Gasteiger partial charge in [0, 0.05) is 17.1 Å². The normalized spacial score (nSPS) is 19.4. The topological polar surface area (TPSA) is 12.0 Å². The van der Waals surface area contributed by atoms with Gasteiger partial charge in [0.1, 0.15) is 0 Å². The Kier molecular flexibility index (Phi) is 4.09. The highest BCUT2D eigenvalue weighted by Crippen LogP contribution is 2.26. The highest BCUT2D eigenvalue weighted by molar-refractivity contribution is 6.31. The van der Waals surface area contributed by atoms with E-state index in [1.165, 1.54) is 29.5 Å². The van der Waals surface area contributed by atoms with Crippen LogP contribution in [0.3, 0.4) is 0 Å². The Morgan fingerprint density at radius 2 is 1.75 bits per heavy atom. The van der Waals surface area contributed by atoms with Gasteiger partial charge >= 0.3 is 0 Å². The van der Waals surface area contributed by atoms with Crippen LogP contribution in [0.25, 0.3) is 0 Å². The van der Waals surface area contributed by atoms with Crippen LogP contribution >= 0.6 is 11.6 Å². The van der Waals surface area contributed by atoms with Crippen LogP contribution in [-0.4, -0.2) is 6.04 Å². The van der Waals surface area contributed by atoms with Crippen molar-refractivity contribution in [2.75, 3.05) is 0 Å². The number of hydrogen-bond donors (Lipinski definition) is 1. The molecule has 1 nitrogen and oxygen atoms in total. The molecule has 2 aromatic carbocycles. The van der Waals surface area contributed by atoms with Gasteiger partial charge in [-0.15, -0.1) is 0 Å². The maximum absolute atomic E-state index is 6.28. The molecule has 0 saturated carbocycles. The summed E-state index contributed by atoms with van der Waals surface area (Å²) in [4.78, 5) is 0. The SMILES string of the molecule is C[C@H](NC1CCc2ccccc2C1)c1ccccc1Cl. The lowest BCUT2D eigenvalue weighted by molar-refractivity contribution is 0.414. The van der Waals surface area contributed by atoms with E-state index in [9.17, 15) is 0 Å². The molecule has 0 saturated heterocycles. The standard InChI is InChI=1S/C18H20ClN/c1-13(17-8-4-5-9-18(17)19)20-16-11-10-14-6-2-3-7-15(14)12-16/h2-9,13,16,20H,10-12H2,1H3/t13-,16?/m0/s1. The van der Waals surface area contributed by atoms with Gasteiger partial charge in [-0.1, -0.05) is 54.1 Å². The minimum atomic E-state index is 0.291. The van der Waals surface area contributed by atoms with Crippen molar-refractivity contribution in [3.05, 3.63) is 70.2 Å². The van der Waals surface area contributed by atoms with E-state index in [1.807, 2.05) is 12.1 Å². The van der Waals surface area contributed by atoms with Crippen LogP contribution in [0, 0.1) is 0 Å². The minimum absolute atomic E-state index is 0.291. The van der Waals surface area contributed by atoms with Gasteiger partial charge in [0.05, 0.1) is 0 Å². The molecule has 2 heteroatoms. The Balaban J connectivity index is 1.69. The van der Waals surface area contributed by atoms with Crippen LogP contribution in [0.15, 0.2) is 48.5 Å². The number of halogens is 1. The van der Waals surface area contributed by atoms with Crippen molar-refractivity contribution in [1.29, 1.82) is 0 Å². The number of hydrogen-bond acceptors (Lipinski definition) is 1. The Labute approximate surface area is 126 Å². The molecule has 0 spiro atoms. The monoisotopic (exact) mass is 285 g/mol. The van der Waals surface area contributed by atoms with Crippen molar-refractivity contribution in [3.63, 3.8) is 0 Å². The van der Waals surface area contributed by atoms with E-state index in [0.717, 1.165) is 11.4 Å². The van der Waals surface area contributed by atoms with E-state index in [0.29, 0.717) is 12.1 Å². The van der Waals surface area contributed by atoms with Crippen LogP contribution in [0.1, 0.15) is 36.1 Å². The molecule has 1 unspecified atom stereocenters. The van der Waals surface area contributed by atoms with Crippen molar-refractivity contribution in [1.82, 2.24) is 5.32 Å². The molecular formula is C18H20ClN. The molecule has 20 heavy (non-hydrogen) atoms. The Hall–Kier alpha value is -1.31. The number of rotatable bonds is 3. The van der Waals surface area contributed by atoms with Gasteiger partial charge in [0.2, 0.25) is 0 Å². The zero-order chi connectivity index (χ0) is 13.9. The molecular weight excluding hydrogens is 266 g/mol. The number of nitrogens with one attached hydrogen (secondary N) is 1. The first-order valence-corrected chi connectivity index (χ1v) is 7.69. The molecule has 104 valence electrons. The average Bonchev–Trinajstić information content (AvgIpc) is 2.47. The third-order valence-electron chi connectivity index (χ3n) is 4.20. The largest absolute Gasteiger partial charge is 0.307 e. The molecule has 1 aliphatic rings. The van der Waals surface area contributed by atoms with Crippen molar-refractivity contribution >= 4 is 11.6 Å². The summed E-state index contributed by atoms with van der Waals surface area (Å²) in [5.74, 6) is 0. The number of aryl methyl sites for hydroxylation is 1. The highest BCUT2D eigenvalue weighted by atomic mass is 35.5. The summed E-state index contributed by atoms with van der Waals surface area (Å²) in [5, 5.41) is 4.58. The minimum Gasteiger partial charge on any atom is -0.307 e. The zero-order valence-electron chi connectivity index (χ0n) is 11.8. The van der Waals surface area contributed by atoms with Gasteiger partial charge in [-0.05, 0) is 48.9 Å². The first-order valence-electron chi connectivity index (χ1n) is 7.31. The summed E-state index contributed by atoms with van der Waals surface area (Å²) < 4.78 is 0. The van der Waals surface area contributed by atoms with Crippen molar-refractivity contribution < 1.29 is 0 Å². The third-order valence-corrected chi connectivity index (χ3v) is 4.55. The number of benzene rings is 2. The summed E-state index contributed by atoms with van der Waals surface area (Å²) in [6.07, 6.45) is 3.49. The maximum atomic E-state index is 6.28. The van der Waals surface area contributed by atoms with Crippen LogP contribution < -0.4 is 5.32 Å². The summed E-state index contributed by atoms with van der Waals surface area (Å²) in [6.45, 7) is 2.20. The predicted octanol–water partition coefficient (Wildman–Crippen LogP) is 4.55. The van der Waals surface area contributed by atoms with Crippen LogP contribution in [-0.2, 0) is 12.8 Å². The first-order chi connectivity index (χ1) is 9.74. The number of fused-ring (bicyclic) bond motifs is 1. The lowest BCUT2D eigenvalue weighted by Gasteiger charge is -2.29. The Morgan fingerprint density at radius 1 is 1.05 bits per heavy atom. The molecule has 1 N–H and O–H groups in total. The second kappa shape index (κ2) is 5.99. The molecule has 0 bridgehead atoms. The predicted molar refractivity (Wildman–Crippen MR) is 85.3 cm³/mol. The van der Waals surface area contributed by atoms with Gasteiger partial charge in [-0.25, -0.2) is 0 Å². The molecule has 0 fully saturated rings. The second-order valence-electron chi connectivity index (χ2n) is 5.62. The van der Waals surface area contributed by atoms with Crippen molar-refractivity contribution in [3.8, 4) is 0 Å². The van der Waals surface area contributed by atoms with Crippen LogP contribution in [0.2, 0.25) is 5.02 Å². The molecule has 2 aromatic rings. The van der Waals surface area contributed by atoms with Gasteiger partial charge < -0.3 is 5.32 Å². The van der Waals surface area contributed by atoms with Crippen LogP contribution in [0.4, 0.5) is 0 Å². The first kappa shape index (κ1) is 13.7. The fourth-order valence-corrected chi connectivity index (χ4v) is 3.41. The average molecular weight is 286 g/mol. The third kappa shape index (κ3) is 2.89. The van der Waals surface area contributed by atoms with Crippen molar-refractivity contribution in [2.45, 2.75) is 38.3 Å². The quantitative estimate of drug-likeness (QED) is 0.872. The Bertz CT molecular complexity index is 593. The highest BCUT2D eigenvalue weighted by Gasteiger charge is 2.20. The van der Waals surface area contributed by atoms with Gasteiger partial charge in [0.25, 0.3) is 0 Å². The van der Waals surface area contributed by atoms with E-state index in [1.54, 1.807) is 0 Å². The van der Waals surface area contributed by atoms with Gasteiger partial charge in [0.15, 0.2) is 0 Å². The smallest absolute Gasteiger partial charge is 0.0453 e. The fourth-order valence-electron chi connectivity index (χ4n) is 3.11. The van der Waals surface area contributed by atoms with E-state index in [2.05, 4.69) is 48.6 Å². The fraction of sp³-hybridized carbons (Fsp3) is 0.333. The lowest BCUT2D eigenvalue weighted by Crippen LogP contribution is -2.36. The molecule has 0 aromatic heterocycles. The summed E-state index contributed by atoms with van der Waals surface area (Å²) in [7, 11) is 0. The molecule has 2 atom stereocenters. The van der Waals surface area contributed by atoms with Crippen molar-refractivity contribution in [2.24, 2.45) is 0 Å². The molecule has 0 radical (unpaired) electrons. The van der Waals surface area contributed by atoms with Crippen LogP contribution in [0.5, 0.6) is 0 Å². The van der Waals surface area contributed by atoms with E-state index in [4.69, 9.17) is 11.6 Å². The van der Waals surface area contributed by atoms with Gasteiger partial charge in [-0.2, -0.15) is 0 Å². The maximum Gasteiger partial charge on any atom is 0.0453 e. The summed E-state index contributed by atoms with van der Waals surface area (Å²) in [5.41, 5.74) is 4.19. The summed E-state index contributed by atoms with van der Waals surface area (Å²) in [6, 6.07) is 17.7. The molecule has 0 heterocycles. The second-order valence-corrected chi connectivity index (χ2v) is 6.03. The molecule has 3 rings (SSSR count).